The van der Waals surface area contributed by atoms with Crippen molar-refractivity contribution in [1.82, 2.24) is 10.3 Å². The molecular formula is C16H20N2O3S. The number of carbonyl (C=O) groups is 1. The van der Waals surface area contributed by atoms with Crippen LogP contribution in [0.1, 0.15) is 41.9 Å². The van der Waals surface area contributed by atoms with Gasteiger partial charge in [0.2, 0.25) is 0 Å². The molecule has 0 bridgehead atoms. The fourth-order valence-electron chi connectivity index (χ4n) is 2.79. The van der Waals surface area contributed by atoms with Crippen molar-refractivity contribution in [3.05, 3.63) is 29.0 Å². The van der Waals surface area contributed by atoms with Gasteiger partial charge >= 0.3 is 0 Å². The maximum atomic E-state index is 12.3. The molecule has 6 heteroatoms. The lowest BCUT2D eigenvalue weighted by Crippen LogP contribution is -2.38. The Balaban J connectivity index is 1.60. The molecule has 1 amide bonds. The van der Waals surface area contributed by atoms with Crippen molar-refractivity contribution >= 4 is 17.2 Å². The quantitative estimate of drug-likeness (QED) is 0.908. The topological polar surface area (TPSA) is 75.4 Å². The van der Waals surface area contributed by atoms with E-state index in [0.29, 0.717) is 17.4 Å². The highest BCUT2D eigenvalue weighted by atomic mass is 32.1. The van der Waals surface area contributed by atoms with Gasteiger partial charge < -0.3 is 14.8 Å². The van der Waals surface area contributed by atoms with Gasteiger partial charge in [-0.3, -0.25) is 4.79 Å². The Bertz CT molecular complexity index is 641. The van der Waals surface area contributed by atoms with Gasteiger partial charge in [0.15, 0.2) is 10.8 Å². The van der Waals surface area contributed by atoms with Crippen LogP contribution in [0.4, 0.5) is 0 Å². The molecule has 0 spiro atoms. The monoisotopic (exact) mass is 320 g/mol. The first-order chi connectivity index (χ1) is 10.7. The third-order valence-electron chi connectivity index (χ3n) is 4.13. The van der Waals surface area contributed by atoms with E-state index in [1.165, 1.54) is 11.3 Å². The Morgan fingerprint density at radius 2 is 2.18 bits per heavy atom. The molecule has 1 aliphatic carbocycles. The van der Waals surface area contributed by atoms with Gasteiger partial charge in [-0.15, -0.1) is 11.3 Å². The molecule has 1 saturated carbocycles. The molecule has 22 heavy (non-hydrogen) atoms. The second-order valence-electron chi connectivity index (χ2n) is 5.82. The van der Waals surface area contributed by atoms with Crippen molar-refractivity contribution in [2.24, 2.45) is 5.92 Å². The first kappa shape index (κ1) is 15.2. The van der Waals surface area contributed by atoms with E-state index in [1.807, 2.05) is 19.1 Å². The molecule has 0 aliphatic heterocycles. The summed E-state index contributed by atoms with van der Waals surface area (Å²) < 4.78 is 5.53. The van der Waals surface area contributed by atoms with E-state index in [2.05, 4.69) is 10.3 Å². The Morgan fingerprint density at radius 1 is 1.41 bits per heavy atom. The molecule has 0 radical (unpaired) electrons. The summed E-state index contributed by atoms with van der Waals surface area (Å²) in [6, 6.07) is 3.94. The summed E-state index contributed by atoms with van der Waals surface area (Å²) in [4.78, 5) is 16.6. The molecule has 2 N–H and O–H groups in total. The van der Waals surface area contributed by atoms with Crippen LogP contribution in [0.5, 0.6) is 0 Å². The number of thiazole rings is 1. The predicted molar refractivity (Wildman–Crippen MR) is 84.9 cm³/mol. The van der Waals surface area contributed by atoms with Gasteiger partial charge in [-0.25, -0.2) is 4.98 Å². The zero-order valence-electron chi connectivity index (χ0n) is 12.5. The van der Waals surface area contributed by atoms with Gasteiger partial charge in [0, 0.05) is 18.0 Å². The second-order valence-corrected chi connectivity index (χ2v) is 6.68. The van der Waals surface area contributed by atoms with Crippen LogP contribution in [0.2, 0.25) is 0 Å². The average Bonchev–Trinajstić information content (AvgIpc) is 3.16. The van der Waals surface area contributed by atoms with Crippen molar-refractivity contribution in [1.29, 1.82) is 0 Å². The molecule has 0 aromatic carbocycles. The largest absolute Gasteiger partial charge is 0.459 e. The minimum atomic E-state index is -0.127. The number of hydrogen-bond acceptors (Lipinski definition) is 5. The van der Waals surface area contributed by atoms with Gasteiger partial charge in [-0.2, -0.15) is 0 Å². The lowest BCUT2D eigenvalue weighted by Gasteiger charge is -2.27. The van der Waals surface area contributed by atoms with E-state index in [1.54, 1.807) is 5.38 Å². The van der Waals surface area contributed by atoms with Crippen molar-refractivity contribution in [2.45, 2.75) is 38.6 Å². The highest BCUT2D eigenvalue weighted by Gasteiger charge is 2.23. The van der Waals surface area contributed by atoms with Gasteiger partial charge in [0.1, 0.15) is 11.5 Å². The zero-order chi connectivity index (χ0) is 15.5. The van der Waals surface area contributed by atoms with Crippen molar-refractivity contribution in [2.75, 3.05) is 6.61 Å². The fraction of sp³-hybridized carbons (Fsp3) is 0.500. The Labute approximate surface area is 133 Å². The molecule has 0 saturated heterocycles. The number of nitrogens with zero attached hydrogens (tertiary/aromatic N) is 1. The molecule has 2 aromatic heterocycles. The normalized spacial score (nSPS) is 21.7. The summed E-state index contributed by atoms with van der Waals surface area (Å²) in [7, 11) is 0. The average molecular weight is 320 g/mol. The van der Waals surface area contributed by atoms with Crippen molar-refractivity contribution in [3.63, 3.8) is 0 Å². The zero-order valence-corrected chi connectivity index (χ0v) is 13.4. The van der Waals surface area contributed by atoms with E-state index in [9.17, 15) is 4.79 Å². The first-order valence-corrected chi connectivity index (χ1v) is 8.47. The van der Waals surface area contributed by atoms with Crippen LogP contribution in [-0.4, -0.2) is 28.6 Å². The van der Waals surface area contributed by atoms with Crippen molar-refractivity contribution in [3.8, 4) is 10.8 Å². The Hall–Kier alpha value is -1.66. The van der Waals surface area contributed by atoms with E-state index >= 15 is 0 Å². The third-order valence-corrected chi connectivity index (χ3v) is 4.98. The minimum absolute atomic E-state index is 0.127. The summed E-state index contributed by atoms with van der Waals surface area (Å²) in [5, 5.41) is 14.7. The van der Waals surface area contributed by atoms with E-state index in [0.717, 1.165) is 36.5 Å². The smallest absolute Gasteiger partial charge is 0.270 e. The number of hydrogen-bond donors (Lipinski definition) is 2. The second kappa shape index (κ2) is 6.62. The number of aromatic nitrogens is 1. The molecule has 1 aliphatic rings. The van der Waals surface area contributed by atoms with Gasteiger partial charge in [0.05, 0.1) is 0 Å². The number of carbonyl (C=O) groups excluding carboxylic acids is 1. The van der Waals surface area contributed by atoms with Gasteiger partial charge in [0.25, 0.3) is 5.91 Å². The predicted octanol–water partition coefficient (Wildman–Crippen LogP) is 2.99. The number of aliphatic hydroxyl groups is 1. The van der Waals surface area contributed by atoms with E-state index < -0.39 is 0 Å². The Kier molecular flexibility index (Phi) is 4.59. The van der Waals surface area contributed by atoms with Crippen LogP contribution in [0.3, 0.4) is 0 Å². The van der Waals surface area contributed by atoms with Crippen LogP contribution in [0.25, 0.3) is 10.8 Å². The van der Waals surface area contributed by atoms with Crippen LogP contribution in [-0.2, 0) is 0 Å². The summed E-state index contributed by atoms with van der Waals surface area (Å²) in [6.07, 6.45) is 3.78. The molecule has 2 aromatic rings. The summed E-state index contributed by atoms with van der Waals surface area (Å²) in [6.45, 7) is 2.13. The van der Waals surface area contributed by atoms with E-state index in [4.69, 9.17) is 9.52 Å². The third kappa shape index (κ3) is 3.39. The molecule has 0 unspecified atom stereocenters. The van der Waals surface area contributed by atoms with Gasteiger partial charge in [-0.1, -0.05) is 0 Å². The minimum Gasteiger partial charge on any atom is -0.459 e. The lowest BCUT2D eigenvalue weighted by molar-refractivity contribution is 0.0909. The highest BCUT2D eigenvalue weighted by Crippen LogP contribution is 2.26. The molecule has 1 fully saturated rings. The number of amides is 1. The molecule has 5 nitrogen and oxygen atoms in total. The van der Waals surface area contributed by atoms with E-state index in [-0.39, 0.29) is 18.6 Å². The number of nitrogens with one attached hydrogen (secondary N) is 1. The fourth-order valence-corrected chi connectivity index (χ4v) is 3.55. The summed E-state index contributed by atoms with van der Waals surface area (Å²) in [5.41, 5.74) is 0.443. The van der Waals surface area contributed by atoms with Crippen LogP contribution in [0, 0.1) is 12.8 Å². The maximum absolute atomic E-state index is 12.3. The first-order valence-electron chi connectivity index (χ1n) is 7.59. The molecule has 3 rings (SSSR count). The standard InChI is InChI=1S/C16H20N2O3S/c1-10-2-7-14(21-10)16-18-13(9-22-16)15(20)17-12-5-3-11(8-19)4-6-12/h2,7,9,11-12,19H,3-6,8H2,1H3,(H,17,20). The molecule has 0 atom stereocenters. The number of aliphatic hydroxyl groups excluding tert-OH is 1. The molecular weight excluding hydrogens is 300 g/mol. The molecule has 118 valence electrons. The van der Waals surface area contributed by atoms with Crippen LogP contribution < -0.4 is 5.32 Å². The van der Waals surface area contributed by atoms with Crippen LogP contribution in [0.15, 0.2) is 21.9 Å². The number of rotatable bonds is 4. The molecule has 2 heterocycles. The van der Waals surface area contributed by atoms with Crippen molar-refractivity contribution < 1.29 is 14.3 Å². The number of furan rings is 1. The SMILES string of the molecule is Cc1ccc(-c2nc(C(=O)NC3CCC(CO)CC3)cs2)o1. The van der Waals surface area contributed by atoms with Gasteiger partial charge in [-0.05, 0) is 50.7 Å². The Morgan fingerprint density at radius 3 is 2.82 bits per heavy atom. The summed E-state index contributed by atoms with van der Waals surface area (Å²) >= 11 is 1.41. The van der Waals surface area contributed by atoms with Crippen LogP contribution >= 0.6 is 11.3 Å². The lowest BCUT2D eigenvalue weighted by atomic mass is 9.86. The highest BCUT2D eigenvalue weighted by molar-refractivity contribution is 7.13. The maximum Gasteiger partial charge on any atom is 0.270 e. The number of aryl methyl sites for hydroxylation is 1. The summed E-state index contributed by atoms with van der Waals surface area (Å²) in [5.74, 6) is 1.79.